The van der Waals surface area contributed by atoms with Crippen LogP contribution in [-0.2, 0) is 9.47 Å². The lowest BCUT2D eigenvalue weighted by Gasteiger charge is -2.09. The molecule has 248 valence electrons. The molecule has 3 aromatic carbocycles. The van der Waals surface area contributed by atoms with Gasteiger partial charge in [0.2, 0.25) is 0 Å². The molecule has 1 aliphatic heterocycles. The van der Waals surface area contributed by atoms with Gasteiger partial charge in [-0.15, -0.1) is 0 Å². The lowest BCUT2D eigenvalue weighted by Crippen LogP contribution is -2.11. The number of hydrogen-bond acceptors (Lipinski definition) is 8. The summed E-state index contributed by atoms with van der Waals surface area (Å²) in [5.74, 6) is 1.19. The molecule has 0 aliphatic carbocycles. The van der Waals surface area contributed by atoms with E-state index in [1.54, 1.807) is 55.6 Å². The minimum Gasteiger partial charge on any atom is -0.497 e. The first-order valence-corrected chi connectivity index (χ1v) is 16.6. The first kappa shape index (κ1) is 35.0. The summed E-state index contributed by atoms with van der Waals surface area (Å²) in [6.45, 7) is 5.39. The minimum atomic E-state index is -0.523. The molecule has 4 rings (SSSR count). The number of benzene rings is 3. The first-order valence-electron chi connectivity index (χ1n) is 16.6. The summed E-state index contributed by atoms with van der Waals surface area (Å²) >= 11 is 0. The van der Waals surface area contributed by atoms with Crippen LogP contribution in [0.3, 0.4) is 0 Å². The molecule has 8 heteroatoms. The standard InChI is InChI=1S/C38H48O8/c1-38(29-44-38)25-28-42-26-11-9-7-5-3-4-6-8-10-12-27-43-33-19-23-35(24-20-33)46-37(40)31-15-13-30(14-16-31)36(39)45-34-21-17-32(41-2)18-22-34/h13-24H,3-12,25-29H2,1-2H3. The zero-order valence-electron chi connectivity index (χ0n) is 27.3. The Morgan fingerprint density at radius 1 is 0.587 bits per heavy atom. The molecule has 1 unspecified atom stereocenters. The second kappa shape index (κ2) is 18.9. The van der Waals surface area contributed by atoms with E-state index in [4.69, 9.17) is 28.4 Å². The van der Waals surface area contributed by atoms with Crippen molar-refractivity contribution < 1.29 is 38.0 Å². The molecule has 1 atom stereocenters. The Morgan fingerprint density at radius 3 is 1.46 bits per heavy atom. The number of epoxide rings is 1. The van der Waals surface area contributed by atoms with E-state index in [0.717, 1.165) is 51.3 Å². The maximum Gasteiger partial charge on any atom is 0.343 e. The molecule has 3 aromatic rings. The molecule has 46 heavy (non-hydrogen) atoms. The lowest BCUT2D eigenvalue weighted by molar-refractivity contribution is 0.0720. The number of unbranched alkanes of at least 4 members (excludes halogenated alkanes) is 9. The third-order valence-electron chi connectivity index (χ3n) is 8.02. The quantitative estimate of drug-likeness (QED) is 0.0471. The van der Waals surface area contributed by atoms with Gasteiger partial charge in [0.15, 0.2) is 0 Å². The van der Waals surface area contributed by atoms with Crippen LogP contribution in [0.25, 0.3) is 0 Å². The average Bonchev–Trinajstić information content (AvgIpc) is 3.82. The zero-order chi connectivity index (χ0) is 32.5. The Bertz CT molecular complexity index is 1310. The monoisotopic (exact) mass is 632 g/mol. The van der Waals surface area contributed by atoms with E-state index in [0.29, 0.717) is 35.0 Å². The second-order valence-corrected chi connectivity index (χ2v) is 12.0. The summed E-state index contributed by atoms with van der Waals surface area (Å²) in [6.07, 6.45) is 13.4. The van der Waals surface area contributed by atoms with Gasteiger partial charge in [-0.3, -0.25) is 0 Å². The van der Waals surface area contributed by atoms with Gasteiger partial charge in [-0.25, -0.2) is 9.59 Å². The summed E-state index contributed by atoms with van der Waals surface area (Å²) in [5.41, 5.74) is 0.758. The van der Waals surface area contributed by atoms with Crippen molar-refractivity contribution in [3.8, 4) is 23.0 Å². The van der Waals surface area contributed by atoms with E-state index in [1.807, 2.05) is 0 Å². The van der Waals surface area contributed by atoms with Gasteiger partial charge in [0.25, 0.3) is 0 Å². The van der Waals surface area contributed by atoms with Crippen molar-refractivity contribution in [1.82, 2.24) is 0 Å². The highest BCUT2D eigenvalue weighted by Crippen LogP contribution is 2.29. The summed E-state index contributed by atoms with van der Waals surface area (Å²) in [7, 11) is 1.57. The fourth-order valence-electron chi connectivity index (χ4n) is 4.89. The van der Waals surface area contributed by atoms with Crippen LogP contribution < -0.4 is 18.9 Å². The zero-order valence-corrected chi connectivity index (χ0v) is 27.3. The van der Waals surface area contributed by atoms with Crippen molar-refractivity contribution in [3.63, 3.8) is 0 Å². The van der Waals surface area contributed by atoms with Crippen molar-refractivity contribution in [1.29, 1.82) is 0 Å². The third kappa shape index (κ3) is 12.9. The topological polar surface area (TPSA) is 92.8 Å². The average molecular weight is 633 g/mol. The molecular formula is C38H48O8. The van der Waals surface area contributed by atoms with Gasteiger partial charge in [0.1, 0.15) is 23.0 Å². The summed E-state index contributed by atoms with van der Waals surface area (Å²) < 4.78 is 32.9. The molecule has 1 aliphatic rings. The Balaban J connectivity index is 0.998. The van der Waals surface area contributed by atoms with Gasteiger partial charge in [-0.1, -0.05) is 51.4 Å². The van der Waals surface area contributed by atoms with Gasteiger partial charge < -0.3 is 28.4 Å². The van der Waals surface area contributed by atoms with E-state index in [1.165, 1.54) is 69.2 Å². The van der Waals surface area contributed by atoms with E-state index < -0.39 is 11.9 Å². The SMILES string of the molecule is COc1ccc(OC(=O)c2ccc(C(=O)Oc3ccc(OCCCCCCCCCCCCOCCC4(C)CO4)cc3)cc2)cc1. The highest BCUT2D eigenvalue weighted by molar-refractivity contribution is 5.94. The molecule has 1 saturated heterocycles. The van der Waals surface area contributed by atoms with Gasteiger partial charge in [-0.05, 0) is 92.6 Å². The molecule has 0 bridgehead atoms. The molecule has 0 saturated carbocycles. The molecule has 1 heterocycles. The lowest BCUT2D eigenvalue weighted by atomic mass is 10.1. The predicted molar refractivity (Wildman–Crippen MR) is 177 cm³/mol. The minimum absolute atomic E-state index is 0.111. The fourth-order valence-corrected chi connectivity index (χ4v) is 4.89. The van der Waals surface area contributed by atoms with Gasteiger partial charge >= 0.3 is 11.9 Å². The van der Waals surface area contributed by atoms with Crippen molar-refractivity contribution in [2.45, 2.75) is 83.2 Å². The van der Waals surface area contributed by atoms with E-state index in [9.17, 15) is 9.59 Å². The van der Waals surface area contributed by atoms with Crippen LogP contribution in [0.15, 0.2) is 72.8 Å². The van der Waals surface area contributed by atoms with Crippen molar-refractivity contribution in [2.24, 2.45) is 0 Å². The van der Waals surface area contributed by atoms with Crippen LogP contribution in [0, 0.1) is 0 Å². The number of carbonyl (C=O) groups excluding carboxylic acids is 2. The van der Waals surface area contributed by atoms with E-state index in [-0.39, 0.29) is 5.60 Å². The number of ether oxygens (including phenoxy) is 6. The molecule has 1 fully saturated rings. The molecule has 0 spiro atoms. The summed E-state index contributed by atoms with van der Waals surface area (Å²) in [4.78, 5) is 25.0. The largest absolute Gasteiger partial charge is 0.497 e. The normalized spacial score (nSPS) is 15.3. The first-order chi connectivity index (χ1) is 22.4. The Kier molecular flexibility index (Phi) is 14.4. The van der Waals surface area contributed by atoms with E-state index in [2.05, 4.69) is 6.92 Å². The van der Waals surface area contributed by atoms with Crippen LogP contribution >= 0.6 is 0 Å². The molecule has 0 radical (unpaired) electrons. The fraction of sp³-hybridized carbons (Fsp3) is 0.474. The predicted octanol–water partition coefficient (Wildman–Crippen LogP) is 8.61. The van der Waals surface area contributed by atoms with Crippen LogP contribution in [0.5, 0.6) is 23.0 Å². The number of hydrogen-bond donors (Lipinski definition) is 0. The Hall–Kier alpha value is -3.88. The Morgan fingerprint density at radius 2 is 1.00 bits per heavy atom. The van der Waals surface area contributed by atoms with Crippen LogP contribution in [0.4, 0.5) is 0 Å². The Labute approximate surface area is 273 Å². The van der Waals surface area contributed by atoms with Gasteiger partial charge in [-0.2, -0.15) is 0 Å². The van der Waals surface area contributed by atoms with Crippen LogP contribution in [-0.4, -0.2) is 51.1 Å². The van der Waals surface area contributed by atoms with Crippen molar-refractivity contribution in [2.75, 3.05) is 33.5 Å². The molecule has 0 aromatic heterocycles. The van der Waals surface area contributed by atoms with Gasteiger partial charge in [0.05, 0.1) is 37.1 Å². The maximum absolute atomic E-state index is 12.6. The molecule has 0 amide bonds. The highest BCUT2D eigenvalue weighted by Gasteiger charge is 2.38. The number of rotatable bonds is 22. The number of methoxy groups -OCH3 is 1. The van der Waals surface area contributed by atoms with Gasteiger partial charge in [0, 0.05) is 19.6 Å². The molecule has 8 nitrogen and oxygen atoms in total. The molecular weight excluding hydrogens is 584 g/mol. The maximum atomic E-state index is 12.6. The second-order valence-electron chi connectivity index (χ2n) is 12.0. The number of esters is 2. The highest BCUT2D eigenvalue weighted by atomic mass is 16.6. The summed E-state index contributed by atoms with van der Waals surface area (Å²) in [6, 6.07) is 19.9. The van der Waals surface area contributed by atoms with Crippen molar-refractivity contribution in [3.05, 3.63) is 83.9 Å². The number of carbonyl (C=O) groups is 2. The van der Waals surface area contributed by atoms with Crippen LogP contribution in [0.2, 0.25) is 0 Å². The molecule has 0 N–H and O–H groups in total. The summed E-state index contributed by atoms with van der Waals surface area (Å²) in [5, 5.41) is 0. The van der Waals surface area contributed by atoms with E-state index >= 15 is 0 Å². The van der Waals surface area contributed by atoms with Crippen LogP contribution in [0.1, 0.15) is 98.3 Å². The third-order valence-corrected chi connectivity index (χ3v) is 8.02. The van der Waals surface area contributed by atoms with Crippen molar-refractivity contribution >= 4 is 11.9 Å². The smallest absolute Gasteiger partial charge is 0.343 e.